The van der Waals surface area contributed by atoms with Gasteiger partial charge in [0.2, 0.25) is 5.16 Å². The number of aromatic nitrogens is 4. The van der Waals surface area contributed by atoms with E-state index < -0.39 is 24.3 Å². The number of hydrogen-bond donors (Lipinski definition) is 2. The minimum absolute atomic E-state index is 0.0227. The molecular formula is C25H29N5O6S. The first-order valence-electron chi connectivity index (χ1n) is 11.8. The number of thioether (sulfide) groups is 1. The molecule has 1 fully saturated rings. The number of esters is 1. The van der Waals surface area contributed by atoms with E-state index in [4.69, 9.17) is 14.2 Å². The smallest absolute Gasteiger partial charge is 0.303 e. The monoisotopic (exact) mass is 527 g/mol. The second-order valence-corrected chi connectivity index (χ2v) is 9.60. The van der Waals surface area contributed by atoms with E-state index in [1.807, 2.05) is 36.4 Å². The number of amides is 1. The van der Waals surface area contributed by atoms with Crippen molar-refractivity contribution in [2.24, 2.45) is 7.05 Å². The van der Waals surface area contributed by atoms with Gasteiger partial charge >= 0.3 is 5.97 Å². The fraction of sp³-hybridized carbons (Fsp3) is 0.400. The standard InChI is InChI=1S/C25H29N5O6S/c1-15(34-16(2)32)23(33)26-20-10-8-19(9-11-20)24-35-21(14-37-25-27-28-29-30(25)3)12-22(36-24)18-6-4-17(13-31)5-7-18/h4-11,15,21-22,24,31H,12-14H2,1-3H3,(H,26,33)/t15-,21+,22-,24-/m0/s1. The van der Waals surface area contributed by atoms with Gasteiger partial charge in [-0.2, -0.15) is 0 Å². The molecule has 4 rings (SSSR count). The van der Waals surface area contributed by atoms with Crippen LogP contribution in [0.2, 0.25) is 0 Å². The van der Waals surface area contributed by atoms with Gasteiger partial charge in [-0.25, -0.2) is 4.68 Å². The number of rotatable bonds is 9. The van der Waals surface area contributed by atoms with Crippen LogP contribution in [0.1, 0.15) is 49.4 Å². The van der Waals surface area contributed by atoms with E-state index in [9.17, 15) is 14.7 Å². The Morgan fingerprint density at radius 3 is 2.49 bits per heavy atom. The molecule has 2 N–H and O–H groups in total. The summed E-state index contributed by atoms with van der Waals surface area (Å²) in [4.78, 5) is 23.3. The average molecular weight is 528 g/mol. The predicted octanol–water partition coefficient (Wildman–Crippen LogP) is 2.93. The number of hydrogen-bond acceptors (Lipinski definition) is 10. The summed E-state index contributed by atoms with van der Waals surface area (Å²) in [6.45, 7) is 2.75. The van der Waals surface area contributed by atoms with Crippen molar-refractivity contribution >= 4 is 29.3 Å². The minimum atomic E-state index is -0.900. The summed E-state index contributed by atoms with van der Waals surface area (Å²) in [5, 5.41) is 24.4. The Labute approximate surface area is 218 Å². The van der Waals surface area contributed by atoms with Gasteiger partial charge in [0.25, 0.3) is 5.91 Å². The van der Waals surface area contributed by atoms with Gasteiger partial charge in [-0.1, -0.05) is 48.2 Å². The highest BCUT2D eigenvalue weighted by atomic mass is 32.2. The molecule has 1 aliphatic heterocycles. The molecule has 11 nitrogen and oxygen atoms in total. The summed E-state index contributed by atoms with van der Waals surface area (Å²) in [5.41, 5.74) is 3.17. The number of benzene rings is 2. The van der Waals surface area contributed by atoms with Crippen molar-refractivity contribution in [3.8, 4) is 0 Å². The molecule has 1 saturated heterocycles. The molecule has 2 heterocycles. The normalized spacial score (nSPS) is 20.3. The molecule has 1 amide bonds. The van der Waals surface area contributed by atoms with E-state index in [0.717, 1.165) is 16.7 Å². The highest BCUT2D eigenvalue weighted by Crippen LogP contribution is 2.39. The molecule has 37 heavy (non-hydrogen) atoms. The second kappa shape index (κ2) is 12.3. The predicted molar refractivity (Wildman–Crippen MR) is 134 cm³/mol. The molecular weight excluding hydrogens is 498 g/mol. The number of aliphatic hydroxyl groups is 1. The van der Waals surface area contributed by atoms with Crippen LogP contribution in [-0.4, -0.2) is 55.2 Å². The first-order valence-corrected chi connectivity index (χ1v) is 12.7. The van der Waals surface area contributed by atoms with E-state index in [2.05, 4.69) is 20.8 Å². The maximum absolute atomic E-state index is 12.2. The summed E-state index contributed by atoms with van der Waals surface area (Å²) in [6.07, 6.45) is -1.27. The molecule has 4 atom stereocenters. The van der Waals surface area contributed by atoms with Gasteiger partial charge in [0, 0.05) is 37.4 Å². The Balaban J connectivity index is 1.47. The molecule has 1 aromatic heterocycles. The van der Waals surface area contributed by atoms with Crippen molar-refractivity contribution in [3.63, 3.8) is 0 Å². The molecule has 196 valence electrons. The number of ether oxygens (including phenoxy) is 3. The van der Waals surface area contributed by atoms with Crippen molar-refractivity contribution < 1.29 is 28.9 Å². The molecule has 3 aromatic rings. The Kier molecular flexibility index (Phi) is 8.87. The maximum Gasteiger partial charge on any atom is 0.303 e. The van der Waals surface area contributed by atoms with Gasteiger partial charge in [0.1, 0.15) is 0 Å². The number of anilines is 1. The van der Waals surface area contributed by atoms with E-state index in [1.165, 1.54) is 25.6 Å². The van der Waals surface area contributed by atoms with Crippen LogP contribution >= 0.6 is 11.8 Å². The number of nitrogens with zero attached hydrogens (tertiary/aromatic N) is 4. The highest BCUT2D eigenvalue weighted by molar-refractivity contribution is 7.99. The van der Waals surface area contributed by atoms with Crippen LogP contribution in [0.5, 0.6) is 0 Å². The third kappa shape index (κ3) is 7.13. The van der Waals surface area contributed by atoms with Crippen molar-refractivity contribution in [2.75, 3.05) is 11.1 Å². The largest absolute Gasteiger partial charge is 0.453 e. The first-order chi connectivity index (χ1) is 17.8. The van der Waals surface area contributed by atoms with E-state index >= 15 is 0 Å². The van der Waals surface area contributed by atoms with Crippen LogP contribution < -0.4 is 5.32 Å². The van der Waals surface area contributed by atoms with Gasteiger partial charge in [0.05, 0.1) is 18.8 Å². The zero-order valence-corrected chi connectivity index (χ0v) is 21.6. The zero-order valence-electron chi connectivity index (χ0n) is 20.7. The summed E-state index contributed by atoms with van der Waals surface area (Å²) in [5.74, 6) is -0.315. The Morgan fingerprint density at radius 2 is 1.86 bits per heavy atom. The maximum atomic E-state index is 12.2. The summed E-state index contributed by atoms with van der Waals surface area (Å²) >= 11 is 1.51. The fourth-order valence-corrected chi connectivity index (χ4v) is 4.67. The number of aryl methyl sites for hydroxylation is 1. The van der Waals surface area contributed by atoms with Gasteiger partial charge in [0.15, 0.2) is 12.4 Å². The van der Waals surface area contributed by atoms with Crippen molar-refractivity contribution in [1.82, 2.24) is 20.2 Å². The molecule has 0 radical (unpaired) electrons. The van der Waals surface area contributed by atoms with Gasteiger partial charge < -0.3 is 24.6 Å². The molecule has 1 aliphatic rings. The molecule has 0 unspecified atom stereocenters. The van der Waals surface area contributed by atoms with Crippen molar-refractivity contribution in [1.29, 1.82) is 0 Å². The summed E-state index contributed by atoms with van der Waals surface area (Å²) in [6, 6.07) is 14.8. The number of tetrazole rings is 1. The number of carbonyl (C=O) groups excluding carboxylic acids is 2. The van der Waals surface area contributed by atoms with Crippen LogP contribution in [0.4, 0.5) is 5.69 Å². The number of nitrogens with one attached hydrogen (secondary N) is 1. The molecule has 0 saturated carbocycles. The molecule has 0 spiro atoms. The topological polar surface area (TPSA) is 138 Å². The third-order valence-corrected chi connectivity index (χ3v) is 6.90. The Bertz CT molecular complexity index is 1200. The average Bonchev–Trinajstić information content (AvgIpc) is 3.31. The lowest BCUT2D eigenvalue weighted by Crippen LogP contribution is -2.31. The second-order valence-electron chi connectivity index (χ2n) is 8.61. The molecule has 2 aromatic carbocycles. The molecule has 0 bridgehead atoms. The van der Waals surface area contributed by atoms with Crippen LogP contribution in [-0.2, 0) is 37.5 Å². The number of carbonyl (C=O) groups is 2. The minimum Gasteiger partial charge on any atom is -0.453 e. The molecule has 12 heteroatoms. The fourth-order valence-electron chi connectivity index (χ4n) is 3.80. The number of aliphatic hydroxyl groups excluding tert-OH is 1. The Hall–Kier alpha value is -3.32. The lowest BCUT2D eigenvalue weighted by Gasteiger charge is -2.36. The lowest BCUT2D eigenvalue weighted by atomic mass is 10.0. The SMILES string of the molecule is CC(=O)O[C@@H](C)C(=O)Nc1ccc([C@H]2O[C@@H](CSc3nnnn3C)C[C@@H](c3ccc(CO)cc3)O2)cc1. The summed E-state index contributed by atoms with van der Waals surface area (Å²) < 4.78 is 19.2. The van der Waals surface area contributed by atoms with Crippen LogP contribution in [0.25, 0.3) is 0 Å². The zero-order chi connectivity index (χ0) is 26.4. The van der Waals surface area contributed by atoms with Crippen LogP contribution in [0.3, 0.4) is 0 Å². The van der Waals surface area contributed by atoms with Crippen LogP contribution in [0, 0.1) is 0 Å². The van der Waals surface area contributed by atoms with Crippen molar-refractivity contribution in [2.45, 2.75) is 56.6 Å². The third-order valence-electron chi connectivity index (χ3n) is 5.76. The quantitative estimate of drug-likeness (QED) is 0.315. The lowest BCUT2D eigenvalue weighted by molar-refractivity contribution is -0.245. The highest BCUT2D eigenvalue weighted by Gasteiger charge is 2.32. The van der Waals surface area contributed by atoms with Crippen molar-refractivity contribution in [3.05, 3.63) is 65.2 Å². The van der Waals surface area contributed by atoms with E-state index in [0.29, 0.717) is 23.0 Å². The van der Waals surface area contributed by atoms with E-state index in [-0.39, 0.29) is 18.8 Å². The van der Waals surface area contributed by atoms with E-state index in [1.54, 1.807) is 23.9 Å². The van der Waals surface area contributed by atoms with Gasteiger partial charge in [-0.15, -0.1) is 5.10 Å². The summed E-state index contributed by atoms with van der Waals surface area (Å²) in [7, 11) is 1.79. The first kappa shape index (κ1) is 26.7. The van der Waals surface area contributed by atoms with Crippen LogP contribution in [0.15, 0.2) is 53.7 Å². The van der Waals surface area contributed by atoms with Gasteiger partial charge in [-0.3, -0.25) is 9.59 Å². The molecule has 0 aliphatic carbocycles. The Morgan fingerprint density at radius 1 is 1.16 bits per heavy atom. The van der Waals surface area contributed by atoms with Gasteiger partial charge in [-0.05, 0) is 40.6 Å².